The summed E-state index contributed by atoms with van der Waals surface area (Å²) in [5.41, 5.74) is 3.44. The number of nitrogens with one attached hydrogen (secondary N) is 1. The Morgan fingerprint density at radius 1 is 1.12 bits per heavy atom. The van der Waals surface area contributed by atoms with E-state index in [1.54, 1.807) is 11.0 Å². The second kappa shape index (κ2) is 7.70. The summed E-state index contributed by atoms with van der Waals surface area (Å²) >= 11 is 6.19. The Bertz CT molecular complexity index is 798. The van der Waals surface area contributed by atoms with Crippen molar-refractivity contribution in [3.63, 3.8) is 0 Å². The van der Waals surface area contributed by atoms with E-state index >= 15 is 0 Å². The second-order valence-electron chi connectivity index (χ2n) is 6.26. The molecule has 0 radical (unpaired) electrons. The Hall–Kier alpha value is -2.33. The Labute approximate surface area is 152 Å². The molecule has 2 aromatic carbocycles. The van der Waals surface area contributed by atoms with Crippen LogP contribution < -0.4 is 5.32 Å². The van der Waals surface area contributed by atoms with Gasteiger partial charge in [-0.2, -0.15) is 0 Å². The van der Waals surface area contributed by atoms with Gasteiger partial charge in [-0.1, -0.05) is 35.9 Å². The number of nitrogens with zero attached hydrogens (tertiary/aromatic N) is 1. The predicted octanol–water partition coefficient (Wildman–Crippen LogP) is 3.67. The first kappa shape index (κ1) is 17.5. The van der Waals surface area contributed by atoms with Crippen LogP contribution in [0.25, 0.3) is 11.1 Å². The third-order valence-electron chi connectivity index (χ3n) is 4.56. The molecule has 2 aromatic rings. The van der Waals surface area contributed by atoms with Gasteiger partial charge in [0.25, 0.3) is 5.91 Å². The molecule has 0 unspecified atom stereocenters. The zero-order valence-corrected chi connectivity index (χ0v) is 15.0. The van der Waals surface area contributed by atoms with Gasteiger partial charge in [0.1, 0.15) is 0 Å². The lowest BCUT2D eigenvalue weighted by Gasteiger charge is -2.15. The highest BCUT2D eigenvalue weighted by Crippen LogP contribution is 2.28. The minimum atomic E-state index is -0.242. The van der Waals surface area contributed by atoms with E-state index in [0.717, 1.165) is 42.6 Å². The molecule has 0 aromatic heterocycles. The van der Waals surface area contributed by atoms with Gasteiger partial charge in [0.2, 0.25) is 5.91 Å². The van der Waals surface area contributed by atoms with E-state index in [-0.39, 0.29) is 18.4 Å². The molecular weight excluding hydrogens is 336 g/mol. The number of hydrogen-bond acceptors (Lipinski definition) is 2. The van der Waals surface area contributed by atoms with E-state index in [1.807, 2.05) is 43.3 Å². The fourth-order valence-corrected chi connectivity index (χ4v) is 3.26. The zero-order chi connectivity index (χ0) is 17.8. The summed E-state index contributed by atoms with van der Waals surface area (Å²) in [6.45, 7) is 3.58. The van der Waals surface area contributed by atoms with Gasteiger partial charge in [0.15, 0.2) is 0 Å². The van der Waals surface area contributed by atoms with Crippen molar-refractivity contribution in [2.75, 3.05) is 19.6 Å². The van der Waals surface area contributed by atoms with Gasteiger partial charge in [0, 0.05) is 23.7 Å². The summed E-state index contributed by atoms with van der Waals surface area (Å²) in [5.74, 6) is -0.262. The lowest BCUT2D eigenvalue weighted by molar-refractivity contribution is -0.129. The molecule has 2 amide bonds. The standard InChI is InChI=1S/C20H21ClN2O2/c1-14-17(8-5-9-18(14)21)15-6-4-7-16(12-15)20(25)22-13-19(24)23-10-2-3-11-23/h4-9,12H,2-3,10-11,13H2,1H3,(H,22,25). The normalized spacial score (nSPS) is 13.8. The van der Waals surface area contributed by atoms with Gasteiger partial charge in [-0.3, -0.25) is 9.59 Å². The smallest absolute Gasteiger partial charge is 0.251 e. The number of rotatable bonds is 4. The minimum absolute atomic E-state index is 0.0207. The van der Waals surface area contributed by atoms with Crippen molar-refractivity contribution >= 4 is 23.4 Å². The Balaban J connectivity index is 1.71. The highest BCUT2D eigenvalue weighted by molar-refractivity contribution is 6.31. The third kappa shape index (κ3) is 4.02. The average molecular weight is 357 g/mol. The summed E-state index contributed by atoms with van der Waals surface area (Å²) in [6, 6.07) is 13.1. The van der Waals surface area contributed by atoms with E-state index in [9.17, 15) is 9.59 Å². The van der Waals surface area contributed by atoms with Crippen molar-refractivity contribution in [3.8, 4) is 11.1 Å². The van der Waals surface area contributed by atoms with Crippen LogP contribution in [-0.4, -0.2) is 36.3 Å². The number of hydrogen-bond donors (Lipinski definition) is 1. The van der Waals surface area contributed by atoms with Crippen molar-refractivity contribution in [2.24, 2.45) is 0 Å². The van der Waals surface area contributed by atoms with E-state index in [2.05, 4.69) is 5.32 Å². The molecule has 25 heavy (non-hydrogen) atoms. The maximum atomic E-state index is 12.4. The molecule has 1 heterocycles. The lowest BCUT2D eigenvalue weighted by atomic mass is 9.98. The molecule has 1 fully saturated rings. The van der Waals surface area contributed by atoms with Crippen LogP contribution in [0.15, 0.2) is 42.5 Å². The molecule has 4 nitrogen and oxygen atoms in total. The number of carbonyl (C=O) groups is 2. The van der Waals surface area contributed by atoms with E-state index < -0.39 is 0 Å². The molecule has 0 atom stereocenters. The first-order valence-corrected chi connectivity index (χ1v) is 8.85. The fourth-order valence-electron chi connectivity index (χ4n) is 3.08. The van der Waals surface area contributed by atoms with Gasteiger partial charge in [-0.25, -0.2) is 0 Å². The highest BCUT2D eigenvalue weighted by Gasteiger charge is 2.18. The number of halogens is 1. The SMILES string of the molecule is Cc1c(Cl)cccc1-c1cccc(C(=O)NCC(=O)N2CCCC2)c1. The average Bonchev–Trinajstić information content (AvgIpc) is 3.16. The van der Waals surface area contributed by atoms with E-state index in [4.69, 9.17) is 11.6 Å². The quantitative estimate of drug-likeness (QED) is 0.908. The Morgan fingerprint density at radius 2 is 1.84 bits per heavy atom. The van der Waals surface area contributed by atoms with Crippen LogP contribution in [0.4, 0.5) is 0 Å². The van der Waals surface area contributed by atoms with Crippen LogP contribution in [-0.2, 0) is 4.79 Å². The summed E-state index contributed by atoms with van der Waals surface area (Å²) in [6.07, 6.45) is 2.08. The summed E-state index contributed by atoms with van der Waals surface area (Å²) < 4.78 is 0. The summed E-state index contributed by atoms with van der Waals surface area (Å²) in [7, 11) is 0. The molecule has 5 heteroatoms. The molecule has 0 spiro atoms. The Morgan fingerprint density at radius 3 is 2.60 bits per heavy atom. The number of carbonyl (C=O) groups excluding carboxylic acids is 2. The zero-order valence-electron chi connectivity index (χ0n) is 14.2. The van der Waals surface area contributed by atoms with Crippen LogP contribution in [0, 0.1) is 6.92 Å². The maximum absolute atomic E-state index is 12.4. The van der Waals surface area contributed by atoms with E-state index in [1.165, 1.54) is 0 Å². The van der Waals surface area contributed by atoms with Crippen molar-refractivity contribution in [3.05, 3.63) is 58.6 Å². The van der Waals surface area contributed by atoms with Crippen molar-refractivity contribution in [1.82, 2.24) is 10.2 Å². The third-order valence-corrected chi connectivity index (χ3v) is 4.97. The monoisotopic (exact) mass is 356 g/mol. The van der Waals surface area contributed by atoms with Crippen molar-refractivity contribution < 1.29 is 9.59 Å². The van der Waals surface area contributed by atoms with Crippen molar-refractivity contribution in [1.29, 1.82) is 0 Å². The highest BCUT2D eigenvalue weighted by atomic mass is 35.5. The molecule has 3 rings (SSSR count). The first-order chi connectivity index (χ1) is 12.1. The van der Waals surface area contributed by atoms with E-state index in [0.29, 0.717) is 10.6 Å². The van der Waals surface area contributed by atoms with Gasteiger partial charge in [-0.05, 0) is 54.7 Å². The number of likely N-dealkylation sites (tertiary alicyclic amines) is 1. The molecule has 0 saturated carbocycles. The molecule has 0 bridgehead atoms. The van der Waals surface area contributed by atoms with Crippen LogP contribution >= 0.6 is 11.6 Å². The van der Waals surface area contributed by atoms with Crippen LogP contribution in [0.2, 0.25) is 5.02 Å². The predicted molar refractivity (Wildman–Crippen MR) is 99.8 cm³/mol. The topological polar surface area (TPSA) is 49.4 Å². The second-order valence-corrected chi connectivity index (χ2v) is 6.67. The molecule has 1 N–H and O–H groups in total. The van der Waals surface area contributed by atoms with Gasteiger partial charge < -0.3 is 10.2 Å². The maximum Gasteiger partial charge on any atom is 0.251 e. The van der Waals surface area contributed by atoms with Gasteiger partial charge in [-0.15, -0.1) is 0 Å². The molecule has 1 aliphatic rings. The molecule has 0 aliphatic carbocycles. The van der Waals surface area contributed by atoms with Crippen LogP contribution in [0.3, 0.4) is 0 Å². The van der Waals surface area contributed by atoms with Crippen LogP contribution in [0.5, 0.6) is 0 Å². The van der Waals surface area contributed by atoms with Crippen LogP contribution in [0.1, 0.15) is 28.8 Å². The fraction of sp³-hybridized carbons (Fsp3) is 0.300. The summed E-state index contributed by atoms with van der Waals surface area (Å²) in [5, 5.41) is 3.42. The minimum Gasteiger partial charge on any atom is -0.343 e. The number of amides is 2. The molecular formula is C20H21ClN2O2. The largest absolute Gasteiger partial charge is 0.343 e. The summed E-state index contributed by atoms with van der Waals surface area (Å²) in [4.78, 5) is 26.2. The first-order valence-electron chi connectivity index (χ1n) is 8.48. The van der Waals surface area contributed by atoms with Crippen molar-refractivity contribution in [2.45, 2.75) is 19.8 Å². The molecule has 1 aliphatic heterocycles. The lowest BCUT2D eigenvalue weighted by Crippen LogP contribution is -2.38. The molecule has 130 valence electrons. The van der Waals surface area contributed by atoms with Gasteiger partial charge >= 0.3 is 0 Å². The number of benzene rings is 2. The van der Waals surface area contributed by atoms with Gasteiger partial charge in [0.05, 0.1) is 6.54 Å². The molecule has 1 saturated heterocycles. The Kier molecular flexibility index (Phi) is 5.39.